The third-order valence-corrected chi connectivity index (χ3v) is 6.82. The zero-order valence-corrected chi connectivity index (χ0v) is 18.4. The van der Waals surface area contributed by atoms with Crippen molar-refractivity contribution in [1.29, 1.82) is 0 Å². The van der Waals surface area contributed by atoms with E-state index in [0.717, 1.165) is 46.8 Å². The average molecular weight is 442 g/mol. The Morgan fingerprint density at radius 1 is 1.20 bits per heavy atom. The van der Waals surface area contributed by atoms with Gasteiger partial charge in [0.05, 0.1) is 28.1 Å². The van der Waals surface area contributed by atoms with Crippen LogP contribution in [0, 0.1) is 0 Å². The number of hydrogen-bond acceptors (Lipinski definition) is 6. The highest BCUT2D eigenvalue weighted by atomic mass is 32.2. The summed E-state index contributed by atoms with van der Waals surface area (Å²) in [6.45, 7) is 4.22. The fourth-order valence-corrected chi connectivity index (χ4v) is 5.20. The van der Waals surface area contributed by atoms with Crippen LogP contribution in [0.3, 0.4) is 0 Å². The molecule has 0 spiro atoms. The molecule has 3 aromatic rings. The van der Waals surface area contributed by atoms with E-state index in [0.29, 0.717) is 23.1 Å². The lowest BCUT2D eigenvalue weighted by Crippen LogP contribution is -2.29. The normalized spacial score (nSPS) is 13.6. The van der Waals surface area contributed by atoms with E-state index >= 15 is 0 Å². The number of anilines is 1. The van der Waals surface area contributed by atoms with Crippen molar-refractivity contribution in [2.24, 2.45) is 0 Å². The number of ether oxygens (including phenoxy) is 1. The van der Waals surface area contributed by atoms with Gasteiger partial charge in [-0.3, -0.25) is 14.9 Å². The van der Waals surface area contributed by atoms with Gasteiger partial charge in [-0.15, -0.1) is 11.8 Å². The summed E-state index contributed by atoms with van der Waals surface area (Å²) in [5.41, 5.74) is 1.36. The Kier molecular flexibility index (Phi) is 6.54. The van der Waals surface area contributed by atoms with Crippen LogP contribution in [0.5, 0.6) is 5.75 Å². The van der Waals surface area contributed by atoms with Crippen LogP contribution in [0.1, 0.15) is 30.1 Å². The van der Waals surface area contributed by atoms with Crippen molar-refractivity contribution in [1.82, 2.24) is 9.88 Å². The fraction of sp³-hybridized carbons (Fsp3) is 0.318. The number of thioether (sulfide) groups is 1. The highest BCUT2D eigenvalue weighted by Gasteiger charge is 2.19. The summed E-state index contributed by atoms with van der Waals surface area (Å²) in [6.07, 6.45) is 2.15. The van der Waals surface area contributed by atoms with Crippen molar-refractivity contribution in [2.75, 3.05) is 30.8 Å². The molecule has 1 aliphatic heterocycles. The minimum Gasteiger partial charge on any atom is -0.494 e. The molecule has 1 N–H and O–H groups in total. The number of nitrogens with zero attached hydrogens (tertiary/aromatic N) is 2. The molecule has 156 valence electrons. The molecule has 0 radical (unpaired) electrons. The van der Waals surface area contributed by atoms with E-state index in [4.69, 9.17) is 4.74 Å². The number of aromatic nitrogens is 1. The third kappa shape index (κ3) is 4.76. The van der Waals surface area contributed by atoms with Gasteiger partial charge in [-0.2, -0.15) is 0 Å². The molecule has 2 amide bonds. The van der Waals surface area contributed by atoms with Gasteiger partial charge in [-0.05, 0) is 50.1 Å². The largest absolute Gasteiger partial charge is 0.494 e. The summed E-state index contributed by atoms with van der Waals surface area (Å²) in [6, 6.07) is 13.1. The van der Waals surface area contributed by atoms with Gasteiger partial charge in [0.25, 0.3) is 5.91 Å². The molecule has 1 aromatic heterocycles. The van der Waals surface area contributed by atoms with Crippen LogP contribution < -0.4 is 10.1 Å². The van der Waals surface area contributed by atoms with Gasteiger partial charge in [-0.1, -0.05) is 23.5 Å². The van der Waals surface area contributed by atoms with Crippen LogP contribution in [0.2, 0.25) is 0 Å². The Balaban J connectivity index is 1.45. The molecule has 0 unspecified atom stereocenters. The van der Waals surface area contributed by atoms with Crippen LogP contribution >= 0.6 is 23.1 Å². The first-order valence-electron chi connectivity index (χ1n) is 9.98. The van der Waals surface area contributed by atoms with Crippen molar-refractivity contribution in [2.45, 2.75) is 24.7 Å². The van der Waals surface area contributed by atoms with Gasteiger partial charge in [0, 0.05) is 18.0 Å². The van der Waals surface area contributed by atoms with Crippen LogP contribution in [0.25, 0.3) is 10.2 Å². The highest BCUT2D eigenvalue weighted by molar-refractivity contribution is 8.00. The van der Waals surface area contributed by atoms with Gasteiger partial charge >= 0.3 is 0 Å². The second-order valence-corrected chi connectivity index (χ2v) is 8.96. The Morgan fingerprint density at radius 3 is 2.80 bits per heavy atom. The Bertz CT molecular complexity index is 1060. The Labute approximate surface area is 183 Å². The van der Waals surface area contributed by atoms with Gasteiger partial charge in [0.1, 0.15) is 5.75 Å². The summed E-state index contributed by atoms with van der Waals surface area (Å²) in [5, 5.41) is 3.44. The number of amides is 2. The first-order valence-corrected chi connectivity index (χ1v) is 11.8. The smallest absolute Gasteiger partial charge is 0.258 e. The summed E-state index contributed by atoms with van der Waals surface area (Å²) in [4.78, 5) is 32.4. The predicted molar refractivity (Wildman–Crippen MR) is 122 cm³/mol. The molecule has 0 bridgehead atoms. The van der Waals surface area contributed by atoms with Crippen molar-refractivity contribution in [3.63, 3.8) is 0 Å². The number of carbonyl (C=O) groups excluding carboxylic acids is 2. The maximum absolute atomic E-state index is 12.9. The number of hydrogen-bond donors (Lipinski definition) is 1. The highest BCUT2D eigenvalue weighted by Crippen LogP contribution is 2.30. The number of benzene rings is 2. The van der Waals surface area contributed by atoms with E-state index in [1.807, 2.05) is 48.2 Å². The average Bonchev–Trinajstić information content (AvgIpc) is 3.42. The van der Waals surface area contributed by atoms with E-state index in [2.05, 4.69) is 10.3 Å². The molecular formula is C22H23N3O3S2. The summed E-state index contributed by atoms with van der Waals surface area (Å²) in [7, 11) is 0. The zero-order chi connectivity index (χ0) is 20.9. The molecule has 0 aliphatic carbocycles. The van der Waals surface area contributed by atoms with Crippen LogP contribution in [0.4, 0.5) is 5.13 Å². The van der Waals surface area contributed by atoms with Crippen LogP contribution in [-0.2, 0) is 4.79 Å². The molecule has 2 aromatic carbocycles. The molecule has 1 saturated heterocycles. The van der Waals surface area contributed by atoms with Crippen molar-refractivity contribution >= 4 is 50.3 Å². The summed E-state index contributed by atoms with van der Waals surface area (Å²) in [5.74, 6) is 1.03. The van der Waals surface area contributed by atoms with Crippen LogP contribution in [-0.4, -0.2) is 47.1 Å². The molecule has 0 saturated carbocycles. The molecule has 1 aliphatic rings. The lowest BCUT2D eigenvalue weighted by molar-refractivity contribution is -0.127. The van der Waals surface area contributed by atoms with E-state index in [-0.39, 0.29) is 11.8 Å². The third-order valence-electron chi connectivity index (χ3n) is 4.83. The van der Waals surface area contributed by atoms with Gasteiger partial charge in [0.2, 0.25) is 5.91 Å². The number of fused-ring (bicyclic) bond motifs is 1. The quantitative estimate of drug-likeness (QED) is 0.540. The van der Waals surface area contributed by atoms with Gasteiger partial charge in [0.15, 0.2) is 5.13 Å². The van der Waals surface area contributed by atoms with E-state index in [1.54, 1.807) is 6.07 Å². The topological polar surface area (TPSA) is 71.5 Å². The molecule has 8 heteroatoms. The summed E-state index contributed by atoms with van der Waals surface area (Å²) >= 11 is 2.82. The zero-order valence-electron chi connectivity index (χ0n) is 16.7. The minimum absolute atomic E-state index is 0.129. The number of carbonyl (C=O) groups is 2. The number of likely N-dealkylation sites (tertiary alicyclic amines) is 1. The second-order valence-electron chi connectivity index (χ2n) is 6.91. The first kappa shape index (κ1) is 20.7. The molecule has 30 heavy (non-hydrogen) atoms. The van der Waals surface area contributed by atoms with E-state index in [1.165, 1.54) is 23.1 Å². The lowest BCUT2D eigenvalue weighted by atomic mass is 10.2. The second kappa shape index (κ2) is 9.49. The first-order chi connectivity index (χ1) is 14.6. The molecular weight excluding hydrogens is 418 g/mol. The molecule has 4 rings (SSSR count). The molecule has 0 atom stereocenters. The molecule has 2 heterocycles. The fourth-order valence-electron chi connectivity index (χ4n) is 3.36. The van der Waals surface area contributed by atoms with Crippen LogP contribution in [0.15, 0.2) is 47.4 Å². The van der Waals surface area contributed by atoms with Crippen molar-refractivity contribution in [3.05, 3.63) is 48.0 Å². The minimum atomic E-state index is -0.226. The lowest BCUT2D eigenvalue weighted by Gasteiger charge is -2.15. The monoisotopic (exact) mass is 441 g/mol. The maximum Gasteiger partial charge on any atom is 0.258 e. The number of nitrogens with one attached hydrogen (secondary N) is 1. The van der Waals surface area contributed by atoms with Gasteiger partial charge < -0.3 is 9.64 Å². The van der Waals surface area contributed by atoms with E-state index < -0.39 is 0 Å². The van der Waals surface area contributed by atoms with Crippen molar-refractivity contribution < 1.29 is 14.3 Å². The molecule has 1 fully saturated rings. The maximum atomic E-state index is 12.9. The Morgan fingerprint density at radius 2 is 2.00 bits per heavy atom. The van der Waals surface area contributed by atoms with Gasteiger partial charge in [-0.25, -0.2) is 4.98 Å². The van der Waals surface area contributed by atoms with Crippen molar-refractivity contribution in [3.8, 4) is 5.75 Å². The van der Waals surface area contributed by atoms with E-state index in [9.17, 15) is 9.59 Å². The number of rotatable bonds is 7. The Hall–Kier alpha value is -2.58. The SMILES string of the molecule is CCOc1ccc2nc(NC(=O)c3ccccc3SCC(=O)N3CCCC3)sc2c1. The standard InChI is InChI=1S/C22H23N3O3S2/c1-2-28-15-9-10-17-19(13-15)30-22(23-17)24-21(27)16-7-3-4-8-18(16)29-14-20(26)25-11-5-6-12-25/h3-4,7-10,13H,2,5-6,11-12,14H2,1H3,(H,23,24,27). The predicted octanol–water partition coefficient (Wildman–Crippen LogP) is 4.66. The summed E-state index contributed by atoms with van der Waals surface area (Å²) < 4.78 is 6.48. The molecule has 6 nitrogen and oxygen atoms in total. The number of thiazole rings is 1.